The van der Waals surface area contributed by atoms with Crippen molar-refractivity contribution in [2.24, 2.45) is 5.73 Å². The van der Waals surface area contributed by atoms with Gasteiger partial charge in [-0.05, 0) is 58.4 Å². The van der Waals surface area contributed by atoms with Crippen molar-refractivity contribution in [3.05, 3.63) is 55.6 Å². The van der Waals surface area contributed by atoms with Crippen molar-refractivity contribution < 1.29 is 4.79 Å². The van der Waals surface area contributed by atoms with Gasteiger partial charge in [0.15, 0.2) is 5.78 Å². The van der Waals surface area contributed by atoms with Gasteiger partial charge in [0.2, 0.25) is 0 Å². The maximum absolute atomic E-state index is 12.8. The molecule has 0 unspecified atom stereocenters. The van der Waals surface area contributed by atoms with Crippen molar-refractivity contribution in [1.29, 1.82) is 0 Å². The van der Waals surface area contributed by atoms with E-state index in [0.29, 0.717) is 41.4 Å². The number of allylic oxidation sites excluding steroid dienone is 4. The number of nitrogens with two attached hydrogens (primary N) is 1. The van der Waals surface area contributed by atoms with Gasteiger partial charge in [0.05, 0.1) is 10.1 Å². The van der Waals surface area contributed by atoms with E-state index in [2.05, 4.69) is 53.7 Å². The van der Waals surface area contributed by atoms with E-state index >= 15 is 0 Å². The number of hydrogen-bond donors (Lipinski definition) is 1. The molecule has 0 fully saturated rings. The number of carbonyl (C=O) groups is 1. The second-order valence-corrected chi connectivity index (χ2v) is 10.6. The van der Waals surface area contributed by atoms with Crippen LogP contribution in [-0.2, 0) is 28.6 Å². The maximum atomic E-state index is 12.8. The van der Waals surface area contributed by atoms with Crippen molar-refractivity contribution in [2.75, 3.05) is 0 Å². The standard InChI is InChI=1S/C24H33Cl2NO/c1-14-10-16(22(26)21(14)25)20(28)9-8-15-11-18(23(2,3)4)17(13-27)19(12-15)24(5,6)7/h11-12H,8-10,13,27H2,1-7H3. The fourth-order valence-electron chi connectivity index (χ4n) is 3.80. The maximum Gasteiger partial charge on any atom is 0.161 e. The predicted molar refractivity (Wildman–Crippen MR) is 121 cm³/mol. The average Bonchev–Trinajstić information content (AvgIpc) is 2.84. The second-order valence-electron chi connectivity index (χ2n) is 9.86. The van der Waals surface area contributed by atoms with Crippen LogP contribution in [-0.4, -0.2) is 5.78 Å². The SMILES string of the molecule is CC1=C(Cl)C(Cl)=C(C(=O)CCc2cc(C(C)(C)C)c(CN)c(C(C)(C)C)c2)C1. The van der Waals surface area contributed by atoms with E-state index in [1.807, 2.05) is 6.92 Å². The number of aryl methyl sites for hydroxylation is 1. The summed E-state index contributed by atoms with van der Waals surface area (Å²) in [5, 5.41) is 0.954. The van der Waals surface area contributed by atoms with E-state index in [1.54, 1.807) is 0 Å². The van der Waals surface area contributed by atoms with Gasteiger partial charge in [0, 0.05) is 18.5 Å². The van der Waals surface area contributed by atoms with E-state index < -0.39 is 0 Å². The summed E-state index contributed by atoms with van der Waals surface area (Å²) < 4.78 is 0. The lowest BCUT2D eigenvalue weighted by Crippen LogP contribution is -2.23. The number of halogens is 2. The predicted octanol–water partition coefficient (Wildman–Crippen LogP) is 6.65. The van der Waals surface area contributed by atoms with Gasteiger partial charge in [-0.3, -0.25) is 4.79 Å². The fraction of sp³-hybridized carbons (Fsp3) is 0.542. The molecule has 0 radical (unpaired) electrons. The van der Waals surface area contributed by atoms with E-state index in [-0.39, 0.29) is 16.6 Å². The van der Waals surface area contributed by atoms with Gasteiger partial charge in [-0.1, -0.05) is 76.9 Å². The number of hydrogen-bond acceptors (Lipinski definition) is 2. The molecule has 0 atom stereocenters. The van der Waals surface area contributed by atoms with Crippen LogP contribution in [0.1, 0.15) is 83.6 Å². The lowest BCUT2D eigenvalue weighted by molar-refractivity contribution is -0.115. The highest BCUT2D eigenvalue weighted by atomic mass is 35.5. The first-order valence-corrected chi connectivity index (χ1v) is 10.7. The molecule has 1 aliphatic carbocycles. The van der Waals surface area contributed by atoms with Gasteiger partial charge in [0.1, 0.15) is 0 Å². The van der Waals surface area contributed by atoms with Crippen molar-refractivity contribution in [3.8, 4) is 0 Å². The summed E-state index contributed by atoms with van der Waals surface area (Å²) in [6.45, 7) is 15.7. The molecule has 0 bridgehead atoms. The summed E-state index contributed by atoms with van der Waals surface area (Å²) in [5.74, 6) is 0.0810. The molecule has 154 valence electrons. The summed E-state index contributed by atoms with van der Waals surface area (Å²) >= 11 is 12.4. The molecule has 0 spiro atoms. The number of benzene rings is 1. The minimum absolute atomic E-state index is 0.0133. The molecule has 2 N–H and O–H groups in total. The molecule has 28 heavy (non-hydrogen) atoms. The Kier molecular flexibility index (Phi) is 6.91. The van der Waals surface area contributed by atoms with E-state index in [9.17, 15) is 4.79 Å². The van der Waals surface area contributed by atoms with Crippen LogP contribution in [0.5, 0.6) is 0 Å². The Balaban J connectivity index is 2.35. The number of rotatable bonds is 5. The Morgan fingerprint density at radius 3 is 1.86 bits per heavy atom. The molecule has 2 nitrogen and oxygen atoms in total. The third-order valence-corrected chi connectivity index (χ3v) is 6.41. The normalized spacial score (nSPS) is 15.6. The van der Waals surface area contributed by atoms with Crippen molar-refractivity contribution >= 4 is 29.0 Å². The first kappa shape index (κ1) is 23.2. The summed E-state index contributed by atoms with van der Waals surface area (Å²) in [4.78, 5) is 12.8. The quantitative estimate of drug-likeness (QED) is 0.577. The molecule has 0 aliphatic heterocycles. The lowest BCUT2D eigenvalue weighted by Gasteiger charge is -2.31. The zero-order chi connectivity index (χ0) is 21.4. The largest absolute Gasteiger partial charge is 0.326 e. The van der Waals surface area contributed by atoms with Crippen LogP contribution in [0, 0.1) is 0 Å². The van der Waals surface area contributed by atoms with E-state index in [4.69, 9.17) is 28.9 Å². The van der Waals surface area contributed by atoms with Crippen LogP contribution in [0.15, 0.2) is 33.3 Å². The zero-order valence-electron chi connectivity index (χ0n) is 18.2. The smallest absolute Gasteiger partial charge is 0.161 e. The molecular formula is C24H33Cl2NO. The van der Waals surface area contributed by atoms with E-state index in [0.717, 1.165) is 5.57 Å². The van der Waals surface area contributed by atoms with Gasteiger partial charge in [0.25, 0.3) is 0 Å². The summed E-state index contributed by atoms with van der Waals surface area (Å²) in [7, 11) is 0. The van der Waals surface area contributed by atoms with Gasteiger partial charge in [-0.2, -0.15) is 0 Å². The molecule has 4 heteroatoms. The molecule has 1 aromatic rings. The molecule has 0 aromatic heterocycles. The highest BCUT2D eigenvalue weighted by Gasteiger charge is 2.27. The van der Waals surface area contributed by atoms with Crippen LogP contribution in [0.25, 0.3) is 0 Å². The van der Waals surface area contributed by atoms with E-state index in [1.165, 1.54) is 22.3 Å². The average molecular weight is 422 g/mol. The highest BCUT2D eigenvalue weighted by Crippen LogP contribution is 2.38. The van der Waals surface area contributed by atoms with Crippen LogP contribution < -0.4 is 5.73 Å². The summed E-state index contributed by atoms with van der Waals surface area (Å²) in [5.41, 5.74) is 12.7. The molecule has 1 aromatic carbocycles. The number of carbonyl (C=O) groups excluding carboxylic acids is 1. The minimum Gasteiger partial charge on any atom is -0.326 e. The first-order valence-electron chi connectivity index (χ1n) is 9.91. The summed E-state index contributed by atoms with van der Waals surface area (Å²) in [6, 6.07) is 4.46. The topological polar surface area (TPSA) is 43.1 Å². The minimum atomic E-state index is -0.0133. The molecule has 0 saturated heterocycles. The molecular weight excluding hydrogens is 389 g/mol. The third-order valence-electron chi connectivity index (χ3n) is 5.38. The highest BCUT2D eigenvalue weighted by molar-refractivity contribution is 6.46. The zero-order valence-corrected chi connectivity index (χ0v) is 19.7. The van der Waals surface area contributed by atoms with Crippen LogP contribution in [0.3, 0.4) is 0 Å². The molecule has 0 amide bonds. The lowest BCUT2D eigenvalue weighted by atomic mass is 9.75. The number of ketones is 1. The molecule has 2 rings (SSSR count). The Bertz CT molecular complexity index is 813. The number of Topliss-reactive ketones (excluding diaryl/α,β-unsaturated/α-hetero) is 1. The Morgan fingerprint density at radius 2 is 1.50 bits per heavy atom. The van der Waals surface area contributed by atoms with Crippen molar-refractivity contribution in [1.82, 2.24) is 0 Å². The molecule has 0 heterocycles. The van der Waals surface area contributed by atoms with Gasteiger partial charge in [-0.25, -0.2) is 0 Å². The Morgan fingerprint density at radius 1 is 1.00 bits per heavy atom. The van der Waals surface area contributed by atoms with Crippen molar-refractivity contribution in [3.63, 3.8) is 0 Å². The fourth-order valence-corrected chi connectivity index (χ4v) is 4.32. The Hall–Kier alpha value is -1.09. The van der Waals surface area contributed by atoms with Crippen molar-refractivity contribution in [2.45, 2.75) is 85.1 Å². The first-order chi connectivity index (χ1) is 12.8. The van der Waals surface area contributed by atoms with Crippen LogP contribution in [0.2, 0.25) is 0 Å². The van der Waals surface area contributed by atoms with Crippen LogP contribution >= 0.6 is 23.2 Å². The third kappa shape index (κ3) is 4.90. The summed E-state index contributed by atoms with van der Waals surface area (Å²) in [6.07, 6.45) is 1.67. The molecule has 0 saturated carbocycles. The van der Waals surface area contributed by atoms with Gasteiger partial charge in [-0.15, -0.1) is 0 Å². The van der Waals surface area contributed by atoms with Gasteiger partial charge >= 0.3 is 0 Å². The second kappa shape index (κ2) is 8.34. The van der Waals surface area contributed by atoms with Gasteiger partial charge < -0.3 is 5.73 Å². The monoisotopic (exact) mass is 421 g/mol. The Labute approximate surface area is 180 Å². The van der Waals surface area contributed by atoms with Crippen LogP contribution in [0.4, 0.5) is 0 Å². The molecule has 1 aliphatic rings.